The molecule has 0 fully saturated rings. The molecule has 6 nitrogen and oxygen atoms in total. The fraction of sp³-hybridized carbons (Fsp3) is 0.917. The van der Waals surface area contributed by atoms with E-state index in [0.717, 1.165) is 6.42 Å². The van der Waals surface area contributed by atoms with Gasteiger partial charge in [0.1, 0.15) is 0 Å². The van der Waals surface area contributed by atoms with Gasteiger partial charge in [0.25, 0.3) is 0 Å². The van der Waals surface area contributed by atoms with Crippen LogP contribution in [0.4, 0.5) is 13.2 Å². The van der Waals surface area contributed by atoms with Crippen LogP contribution in [0.15, 0.2) is 0 Å². The average Bonchev–Trinajstić information content (AvgIpc) is 2.46. The zero-order valence-electron chi connectivity index (χ0n) is 13.1. The van der Waals surface area contributed by atoms with E-state index in [-0.39, 0.29) is 6.42 Å². The lowest BCUT2D eigenvalue weighted by Crippen LogP contribution is -2.43. The summed E-state index contributed by atoms with van der Waals surface area (Å²) in [5, 5.41) is 3.00. The SMILES string of the molecule is CO[Si](CCCNCCC(=O)OCCC(F)(F)F)(OC)OC. The second-order valence-corrected chi connectivity index (χ2v) is 7.58. The summed E-state index contributed by atoms with van der Waals surface area (Å²) >= 11 is 0. The Bertz CT molecular complexity index is 305. The molecule has 0 saturated heterocycles. The summed E-state index contributed by atoms with van der Waals surface area (Å²) in [7, 11) is 2.02. The molecule has 0 aliphatic rings. The first-order valence-electron chi connectivity index (χ1n) is 6.87. The van der Waals surface area contributed by atoms with E-state index in [4.69, 9.17) is 13.3 Å². The van der Waals surface area contributed by atoms with Crippen LogP contribution in [-0.2, 0) is 22.8 Å². The van der Waals surface area contributed by atoms with Crippen molar-refractivity contribution in [2.45, 2.75) is 31.5 Å². The third kappa shape index (κ3) is 10.1. The van der Waals surface area contributed by atoms with E-state index < -0.39 is 34.0 Å². The quantitative estimate of drug-likeness (QED) is 0.329. The van der Waals surface area contributed by atoms with Gasteiger partial charge in [-0.05, 0) is 13.0 Å². The van der Waals surface area contributed by atoms with Crippen molar-refractivity contribution in [3.8, 4) is 0 Å². The maximum absolute atomic E-state index is 11.9. The molecule has 0 aromatic carbocycles. The molecule has 1 N–H and O–H groups in total. The zero-order valence-corrected chi connectivity index (χ0v) is 14.1. The van der Waals surface area contributed by atoms with Crippen molar-refractivity contribution in [2.75, 3.05) is 41.0 Å². The number of hydrogen-bond donors (Lipinski definition) is 1. The number of esters is 1. The van der Waals surface area contributed by atoms with E-state index in [1.807, 2.05) is 0 Å². The minimum absolute atomic E-state index is 0.0270. The summed E-state index contributed by atoms with van der Waals surface area (Å²) < 4.78 is 55.8. The van der Waals surface area contributed by atoms with Crippen molar-refractivity contribution >= 4 is 14.8 Å². The smallest absolute Gasteiger partial charge is 0.465 e. The van der Waals surface area contributed by atoms with Gasteiger partial charge >= 0.3 is 21.0 Å². The Kier molecular flexibility index (Phi) is 10.6. The number of nitrogens with one attached hydrogen (secondary N) is 1. The normalized spacial score (nSPS) is 12.5. The minimum Gasteiger partial charge on any atom is -0.465 e. The predicted molar refractivity (Wildman–Crippen MR) is 75.3 cm³/mol. The number of alkyl halides is 3. The maximum atomic E-state index is 11.9. The van der Waals surface area contributed by atoms with Crippen LogP contribution < -0.4 is 5.32 Å². The Morgan fingerprint density at radius 3 is 2.18 bits per heavy atom. The van der Waals surface area contributed by atoms with Crippen molar-refractivity contribution in [1.82, 2.24) is 5.32 Å². The van der Waals surface area contributed by atoms with E-state index >= 15 is 0 Å². The molecule has 0 amide bonds. The molecule has 0 atom stereocenters. The standard InChI is InChI=1S/C12H24F3NO5Si/c1-18-22(19-2,20-3)10-4-7-16-8-5-11(17)21-9-6-12(13,14)15/h16H,4-10H2,1-3H3. The molecule has 0 aromatic rings. The fourth-order valence-corrected chi connectivity index (χ4v) is 3.38. The number of rotatable bonds is 12. The van der Waals surface area contributed by atoms with Crippen LogP contribution in [0.2, 0.25) is 6.04 Å². The Morgan fingerprint density at radius 1 is 1.09 bits per heavy atom. The molecule has 0 bridgehead atoms. The number of hydrogen-bond acceptors (Lipinski definition) is 6. The Hall–Kier alpha value is -0.683. The maximum Gasteiger partial charge on any atom is 0.500 e. The fourth-order valence-electron chi connectivity index (χ4n) is 1.65. The lowest BCUT2D eigenvalue weighted by Gasteiger charge is -2.24. The summed E-state index contributed by atoms with van der Waals surface area (Å²) in [4.78, 5) is 11.2. The van der Waals surface area contributed by atoms with E-state index in [1.165, 1.54) is 21.3 Å². The molecule has 0 saturated carbocycles. The zero-order chi connectivity index (χ0) is 17.1. The summed E-state index contributed by atoms with van der Waals surface area (Å²) in [5.74, 6) is -0.647. The lowest BCUT2D eigenvalue weighted by molar-refractivity contribution is -0.158. The highest BCUT2D eigenvalue weighted by Gasteiger charge is 2.36. The first-order valence-corrected chi connectivity index (χ1v) is 8.80. The lowest BCUT2D eigenvalue weighted by atomic mass is 10.4. The predicted octanol–water partition coefficient (Wildman–Crippen LogP) is 1.73. The van der Waals surface area contributed by atoms with Crippen LogP contribution in [0, 0.1) is 0 Å². The van der Waals surface area contributed by atoms with Crippen molar-refractivity contribution in [3.63, 3.8) is 0 Å². The molecule has 10 heteroatoms. The van der Waals surface area contributed by atoms with E-state index in [0.29, 0.717) is 19.1 Å². The molecule has 0 aromatic heterocycles. The summed E-state index contributed by atoms with van der Waals surface area (Å²) in [6.07, 6.45) is -4.67. The van der Waals surface area contributed by atoms with Crippen molar-refractivity contribution < 1.29 is 36.0 Å². The number of carbonyl (C=O) groups is 1. The van der Waals surface area contributed by atoms with Crippen molar-refractivity contribution in [1.29, 1.82) is 0 Å². The molecule has 132 valence electrons. The second kappa shape index (κ2) is 10.9. The third-order valence-electron chi connectivity index (χ3n) is 2.92. The number of ether oxygens (including phenoxy) is 1. The molecule has 0 aliphatic carbocycles. The van der Waals surface area contributed by atoms with Crippen LogP contribution in [-0.4, -0.2) is 62.0 Å². The highest BCUT2D eigenvalue weighted by Crippen LogP contribution is 2.19. The van der Waals surface area contributed by atoms with Crippen LogP contribution in [0.3, 0.4) is 0 Å². The van der Waals surface area contributed by atoms with Gasteiger partial charge in [0.2, 0.25) is 0 Å². The van der Waals surface area contributed by atoms with Crippen LogP contribution in [0.5, 0.6) is 0 Å². The monoisotopic (exact) mass is 347 g/mol. The van der Waals surface area contributed by atoms with E-state index in [2.05, 4.69) is 10.1 Å². The summed E-state index contributed by atoms with van der Waals surface area (Å²) in [6.45, 7) is 0.318. The molecule has 0 heterocycles. The van der Waals surface area contributed by atoms with Crippen molar-refractivity contribution in [3.05, 3.63) is 0 Å². The first kappa shape index (κ1) is 21.3. The molecule has 0 rings (SSSR count). The molecule has 0 spiro atoms. The molecular formula is C12H24F3NO5Si. The Balaban J connectivity index is 3.63. The molecular weight excluding hydrogens is 323 g/mol. The van der Waals surface area contributed by atoms with Crippen LogP contribution in [0.25, 0.3) is 0 Å². The third-order valence-corrected chi connectivity index (χ3v) is 5.76. The Labute approximate surface area is 129 Å². The highest BCUT2D eigenvalue weighted by atomic mass is 28.4. The summed E-state index contributed by atoms with van der Waals surface area (Å²) in [5.41, 5.74) is 0. The van der Waals surface area contributed by atoms with Gasteiger partial charge in [0, 0.05) is 33.9 Å². The highest BCUT2D eigenvalue weighted by molar-refractivity contribution is 6.60. The molecule has 22 heavy (non-hydrogen) atoms. The van der Waals surface area contributed by atoms with Gasteiger partial charge in [0.05, 0.1) is 19.4 Å². The van der Waals surface area contributed by atoms with Gasteiger partial charge in [0.15, 0.2) is 0 Å². The van der Waals surface area contributed by atoms with Gasteiger partial charge in [-0.3, -0.25) is 4.79 Å². The topological polar surface area (TPSA) is 66.0 Å². The van der Waals surface area contributed by atoms with Gasteiger partial charge < -0.3 is 23.3 Å². The minimum atomic E-state index is -4.31. The largest absolute Gasteiger partial charge is 0.500 e. The van der Waals surface area contributed by atoms with Gasteiger partial charge in [-0.1, -0.05) is 0 Å². The Morgan fingerprint density at radius 2 is 1.68 bits per heavy atom. The second-order valence-electron chi connectivity index (χ2n) is 4.48. The molecule has 0 unspecified atom stereocenters. The first-order chi connectivity index (χ1) is 10.3. The van der Waals surface area contributed by atoms with Gasteiger partial charge in [-0.15, -0.1) is 0 Å². The molecule has 0 aliphatic heterocycles. The van der Waals surface area contributed by atoms with Gasteiger partial charge in [-0.2, -0.15) is 13.2 Å². The van der Waals surface area contributed by atoms with Crippen LogP contribution in [0.1, 0.15) is 19.3 Å². The van der Waals surface area contributed by atoms with Crippen molar-refractivity contribution in [2.24, 2.45) is 0 Å². The van der Waals surface area contributed by atoms with E-state index in [1.54, 1.807) is 0 Å². The van der Waals surface area contributed by atoms with Crippen LogP contribution >= 0.6 is 0 Å². The molecule has 0 radical (unpaired) electrons. The summed E-state index contributed by atoms with van der Waals surface area (Å²) in [6, 6.07) is 0.625. The number of halogens is 3. The van der Waals surface area contributed by atoms with Gasteiger partial charge in [-0.25, -0.2) is 0 Å². The van der Waals surface area contributed by atoms with E-state index in [9.17, 15) is 18.0 Å². The average molecular weight is 347 g/mol. The number of carbonyl (C=O) groups excluding carboxylic acids is 1.